The smallest absolute Gasteiger partial charge is 0.255 e. The van der Waals surface area contributed by atoms with Gasteiger partial charge in [0.1, 0.15) is 11.6 Å². The van der Waals surface area contributed by atoms with E-state index in [2.05, 4.69) is 29.5 Å². The molecule has 0 atom stereocenters. The Balaban J connectivity index is 2.53. The lowest BCUT2D eigenvalue weighted by Gasteiger charge is -2.11. The zero-order valence-corrected chi connectivity index (χ0v) is 12.9. The average Bonchev–Trinajstić information content (AvgIpc) is 2.45. The van der Waals surface area contributed by atoms with Crippen LogP contribution in [0.2, 0.25) is 0 Å². The van der Waals surface area contributed by atoms with E-state index in [0.717, 1.165) is 12.6 Å². The summed E-state index contributed by atoms with van der Waals surface area (Å²) in [5.41, 5.74) is 0.215. The fourth-order valence-electron chi connectivity index (χ4n) is 1.65. The Hall–Kier alpha value is -1.69. The van der Waals surface area contributed by atoms with Crippen LogP contribution in [0.4, 0.5) is 10.2 Å². The second-order valence-electron chi connectivity index (χ2n) is 5.20. The molecule has 0 aliphatic rings. The number of rotatable bonds is 9. The first-order valence-electron chi connectivity index (χ1n) is 7.30. The number of hydrogen-bond acceptors (Lipinski definition) is 4. The van der Waals surface area contributed by atoms with Crippen molar-refractivity contribution < 1.29 is 13.9 Å². The minimum Gasteiger partial charge on any atom is -0.379 e. The molecule has 1 aromatic heterocycles. The zero-order chi connectivity index (χ0) is 15.7. The largest absolute Gasteiger partial charge is 0.379 e. The van der Waals surface area contributed by atoms with Gasteiger partial charge in [-0.25, -0.2) is 9.37 Å². The predicted molar refractivity (Wildman–Crippen MR) is 81.0 cm³/mol. The van der Waals surface area contributed by atoms with Gasteiger partial charge in [-0.15, -0.1) is 0 Å². The normalized spacial score (nSPS) is 10.7. The molecule has 0 aliphatic heterocycles. The Bertz CT molecular complexity index is 453. The molecule has 0 bridgehead atoms. The summed E-state index contributed by atoms with van der Waals surface area (Å²) in [7, 11) is 0. The molecule has 0 aromatic carbocycles. The number of ether oxygens (including phenoxy) is 1. The summed E-state index contributed by atoms with van der Waals surface area (Å²) in [5, 5.41) is 5.72. The minimum absolute atomic E-state index is 0.215. The second-order valence-corrected chi connectivity index (χ2v) is 5.20. The third kappa shape index (κ3) is 6.53. The number of pyridine rings is 1. The number of nitrogens with zero attached hydrogens (tertiary/aromatic N) is 1. The monoisotopic (exact) mass is 297 g/mol. The maximum atomic E-state index is 13.3. The van der Waals surface area contributed by atoms with Gasteiger partial charge in [-0.1, -0.05) is 20.8 Å². The van der Waals surface area contributed by atoms with Gasteiger partial charge in [0.2, 0.25) is 0 Å². The van der Waals surface area contributed by atoms with Gasteiger partial charge in [0.05, 0.1) is 18.4 Å². The quantitative estimate of drug-likeness (QED) is 0.687. The minimum atomic E-state index is -0.529. The highest BCUT2D eigenvalue weighted by Crippen LogP contribution is 2.13. The fraction of sp³-hybridized carbons (Fsp3) is 0.600. The number of halogens is 1. The lowest BCUT2D eigenvalue weighted by molar-refractivity contribution is 0.0886. The SMILES string of the molecule is CCCNc1ncc(F)cc1C(=O)NCCOCC(C)C. The van der Waals surface area contributed by atoms with E-state index in [1.54, 1.807) is 0 Å². The molecule has 0 unspecified atom stereocenters. The van der Waals surface area contributed by atoms with Crippen molar-refractivity contribution in [3.05, 3.63) is 23.6 Å². The van der Waals surface area contributed by atoms with Gasteiger partial charge in [-0.3, -0.25) is 4.79 Å². The van der Waals surface area contributed by atoms with Crippen molar-refractivity contribution in [2.75, 3.05) is 31.6 Å². The van der Waals surface area contributed by atoms with E-state index in [1.165, 1.54) is 6.07 Å². The number of carbonyl (C=O) groups excluding carboxylic acids is 1. The first kappa shape index (κ1) is 17.4. The lowest BCUT2D eigenvalue weighted by atomic mass is 10.2. The Morgan fingerprint density at radius 1 is 1.43 bits per heavy atom. The third-order valence-electron chi connectivity index (χ3n) is 2.62. The van der Waals surface area contributed by atoms with Gasteiger partial charge in [0, 0.05) is 19.7 Å². The van der Waals surface area contributed by atoms with E-state index >= 15 is 0 Å². The number of carbonyl (C=O) groups is 1. The molecule has 5 nitrogen and oxygen atoms in total. The Morgan fingerprint density at radius 3 is 2.86 bits per heavy atom. The molecule has 0 saturated heterocycles. The molecule has 1 amide bonds. The van der Waals surface area contributed by atoms with Crippen LogP contribution in [-0.4, -0.2) is 37.2 Å². The van der Waals surface area contributed by atoms with Crippen molar-refractivity contribution in [1.29, 1.82) is 0 Å². The van der Waals surface area contributed by atoms with E-state index in [9.17, 15) is 9.18 Å². The molecule has 0 saturated carbocycles. The van der Waals surface area contributed by atoms with Crippen molar-refractivity contribution in [3.8, 4) is 0 Å². The van der Waals surface area contributed by atoms with Crippen LogP contribution in [-0.2, 0) is 4.74 Å². The molecule has 0 fully saturated rings. The average molecular weight is 297 g/mol. The van der Waals surface area contributed by atoms with Crippen LogP contribution >= 0.6 is 0 Å². The lowest BCUT2D eigenvalue weighted by Crippen LogP contribution is -2.28. The van der Waals surface area contributed by atoms with Crippen molar-refractivity contribution in [2.24, 2.45) is 5.92 Å². The first-order valence-corrected chi connectivity index (χ1v) is 7.30. The Labute approximate surface area is 125 Å². The Kier molecular flexibility index (Phi) is 7.68. The molecule has 6 heteroatoms. The van der Waals surface area contributed by atoms with E-state index in [0.29, 0.717) is 38.0 Å². The van der Waals surface area contributed by atoms with Crippen LogP contribution in [0.25, 0.3) is 0 Å². The third-order valence-corrected chi connectivity index (χ3v) is 2.62. The first-order chi connectivity index (χ1) is 10.0. The van der Waals surface area contributed by atoms with Gasteiger partial charge in [0.25, 0.3) is 5.91 Å². The molecule has 21 heavy (non-hydrogen) atoms. The molecule has 0 radical (unpaired) electrons. The van der Waals surface area contributed by atoms with Crippen molar-refractivity contribution in [1.82, 2.24) is 10.3 Å². The number of anilines is 1. The highest BCUT2D eigenvalue weighted by Gasteiger charge is 2.13. The molecule has 1 rings (SSSR count). The summed E-state index contributed by atoms with van der Waals surface area (Å²) in [5.74, 6) is -0.0242. The summed E-state index contributed by atoms with van der Waals surface area (Å²) in [6.45, 7) is 8.27. The van der Waals surface area contributed by atoms with Crippen molar-refractivity contribution in [3.63, 3.8) is 0 Å². The molecule has 1 aromatic rings. The maximum absolute atomic E-state index is 13.3. The predicted octanol–water partition coefficient (Wildman–Crippen LogP) is 2.45. The highest BCUT2D eigenvalue weighted by molar-refractivity contribution is 5.98. The molecule has 118 valence electrons. The number of amides is 1. The maximum Gasteiger partial charge on any atom is 0.255 e. The van der Waals surface area contributed by atoms with Gasteiger partial charge >= 0.3 is 0 Å². The summed E-state index contributed by atoms with van der Waals surface area (Å²) in [6, 6.07) is 1.19. The number of nitrogens with one attached hydrogen (secondary N) is 2. The number of aromatic nitrogens is 1. The van der Waals surface area contributed by atoms with Crippen molar-refractivity contribution >= 4 is 11.7 Å². The number of hydrogen-bond donors (Lipinski definition) is 2. The van der Waals surface area contributed by atoms with Crippen LogP contribution < -0.4 is 10.6 Å². The van der Waals surface area contributed by atoms with Gasteiger partial charge in [-0.05, 0) is 18.4 Å². The van der Waals surface area contributed by atoms with E-state index in [1.807, 2.05) is 6.92 Å². The zero-order valence-electron chi connectivity index (χ0n) is 12.9. The van der Waals surface area contributed by atoms with Crippen LogP contribution in [0.3, 0.4) is 0 Å². The summed E-state index contributed by atoms with van der Waals surface area (Å²) in [6.07, 6.45) is 1.99. The van der Waals surface area contributed by atoms with Gasteiger partial charge in [-0.2, -0.15) is 0 Å². The molecular formula is C15H24FN3O2. The van der Waals surface area contributed by atoms with Gasteiger partial charge in [0.15, 0.2) is 0 Å². The molecule has 2 N–H and O–H groups in total. The summed E-state index contributed by atoms with van der Waals surface area (Å²) < 4.78 is 18.6. The topological polar surface area (TPSA) is 63.2 Å². The van der Waals surface area contributed by atoms with E-state index in [4.69, 9.17) is 4.74 Å². The van der Waals surface area contributed by atoms with E-state index in [-0.39, 0.29) is 11.5 Å². The Morgan fingerprint density at radius 2 is 2.19 bits per heavy atom. The van der Waals surface area contributed by atoms with Crippen molar-refractivity contribution in [2.45, 2.75) is 27.2 Å². The highest BCUT2D eigenvalue weighted by atomic mass is 19.1. The molecular weight excluding hydrogens is 273 g/mol. The van der Waals surface area contributed by atoms with Crippen LogP contribution in [0.5, 0.6) is 0 Å². The van der Waals surface area contributed by atoms with Gasteiger partial charge < -0.3 is 15.4 Å². The summed E-state index contributed by atoms with van der Waals surface area (Å²) in [4.78, 5) is 16.0. The molecule has 1 heterocycles. The second kappa shape index (κ2) is 9.28. The molecule has 0 spiro atoms. The van der Waals surface area contributed by atoms with Crippen LogP contribution in [0.15, 0.2) is 12.3 Å². The standard InChI is InChI=1S/C15H24FN3O2/c1-4-5-17-14-13(8-12(16)9-19-14)15(20)18-6-7-21-10-11(2)3/h8-9,11H,4-7,10H2,1-3H3,(H,17,19)(H,18,20). The molecule has 0 aliphatic carbocycles. The van der Waals surface area contributed by atoms with Crippen LogP contribution in [0, 0.1) is 11.7 Å². The summed E-state index contributed by atoms with van der Waals surface area (Å²) >= 11 is 0. The fourth-order valence-corrected chi connectivity index (χ4v) is 1.65. The van der Waals surface area contributed by atoms with E-state index < -0.39 is 5.82 Å². The van der Waals surface area contributed by atoms with Crippen LogP contribution in [0.1, 0.15) is 37.6 Å².